The number of phosphoric ester groups is 1. The molecule has 0 saturated heterocycles. The fourth-order valence-electron chi connectivity index (χ4n) is 6.45. The van der Waals surface area contributed by atoms with E-state index in [1.54, 1.807) is 6.08 Å². The molecule has 1 aliphatic carbocycles. The molecule has 1 amide bonds. The van der Waals surface area contributed by atoms with Crippen molar-refractivity contribution >= 4 is 13.7 Å². The summed E-state index contributed by atoms with van der Waals surface area (Å²) in [5, 5.41) is 74.0. The van der Waals surface area contributed by atoms with Crippen LogP contribution in [0.2, 0.25) is 0 Å². The molecule has 322 valence electrons. The SMILES string of the molecule is CCCCCCCCC/C=C/CC/C=C/CC/C=C/C(O)C(COP(=O)(O)OC1C(O)C(O)C(O)C(O)C1O)NC(=O)CC(O)CCCCCCCCCC. The van der Waals surface area contributed by atoms with Gasteiger partial charge in [0.05, 0.1) is 31.3 Å². The summed E-state index contributed by atoms with van der Waals surface area (Å²) in [4.78, 5) is 23.3. The molecule has 1 aliphatic rings. The van der Waals surface area contributed by atoms with E-state index in [0.717, 1.165) is 44.9 Å². The van der Waals surface area contributed by atoms with Crippen molar-refractivity contribution in [3.63, 3.8) is 0 Å². The molecule has 0 heterocycles. The van der Waals surface area contributed by atoms with Gasteiger partial charge in [0.25, 0.3) is 0 Å². The van der Waals surface area contributed by atoms with Crippen molar-refractivity contribution < 1.29 is 59.0 Å². The number of amides is 1. The standard InChI is InChI=1S/C41H76NO12P/c1-3-5-7-9-11-13-14-15-16-17-18-19-20-21-23-25-27-29-34(44)33(42-35(45)30-32(43)28-26-24-22-12-10-8-6-4-2)31-53-55(51,52)54-41-39(49)37(47)36(46)38(48)40(41)50/h16-17,20-21,27,29,32-34,36-41,43-44,46-50H,3-15,18-19,22-26,28,30-31H2,1-2H3,(H,42,45)(H,51,52)/b17-16+,21-20+,29-27+. The Labute approximate surface area is 330 Å². The minimum absolute atomic E-state index is 0.256. The molecule has 9 N–H and O–H groups in total. The topological polar surface area (TPSA) is 226 Å². The van der Waals surface area contributed by atoms with Crippen molar-refractivity contribution in [2.24, 2.45) is 0 Å². The van der Waals surface area contributed by atoms with Crippen LogP contribution in [0.15, 0.2) is 36.5 Å². The molecule has 13 nitrogen and oxygen atoms in total. The Kier molecular flexibility index (Phi) is 29.5. The quantitative estimate of drug-likeness (QED) is 0.0218. The van der Waals surface area contributed by atoms with Crippen molar-refractivity contribution in [1.29, 1.82) is 0 Å². The van der Waals surface area contributed by atoms with E-state index < -0.39 is 75.2 Å². The van der Waals surface area contributed by atoms with Crippen molar-refractivity contribution in [2.75, 3.05) is 6.61 Å². The van der Waals surface area contributed by atoms with Gasteiger partial charge >= 0.3 is 7.82 Å². The van der Waals surface area contributed by atoms with Gasteiger partial charge in [-0.1, -0.05) is 140 Å². The minimum atomic E-state index is -5.14. The molecule has 0 aromatic carbocycles. The number of hydrogen-bond acceptors (Lipinski definition) is 11. The van der Waals surface area contributed by atoms with Gasteiger partial charge in [0.2, 0.25) is 5.91 Å². The highest BCUT2D eigenvalue weighted by atomic mass is 31.2. The smallest absolute Gasteiger partial charge is 0.393 e. The van der Waals surface area contributed by atoms with Crippen molar-refractivity contribution in [1.82, 2.24) is 5.32 Å². The first kappa shape index (κ1) is 51.5. The van der Waals surface area contributed by atoms with Crippen LogP contribution in [0.1, 0.15) is 155 Å². The molecule has 0 radical (unpaired) electrons. The van der Waals surface area contributed by atoms with E-state index in [2.05, 4.69) is 43.5 Å². The first-order valence-corrected chi connectivity index (χ1v) is 22.5. The summed E-state index contributed by atoms with van der Waals surface area (Å²) in [6.07, 6.45) is 19.8. The number of phosphoric acid groups is 1. The molecule has 8 unspecified atom stereocenters. The third-order valence-electron chi connectivity index (χ3n) is 9.96. The molecule has 1 fully saturated rings. The molecule has 0 aromatic heterocycles. The number of hydrogen-bond donors (Lipinski definition) is 9. The fraction of sp³-hybridized carbons (Fsp3) is 0.829. The molecule has 0 aromatic rings. The van der Waals surface area contributed by atoms with Gasteiger partial charge in [-0.25, -0.2) is 4.57 Å². The van der Waals surface area contributed by atoms with Gasteiger partial charge in [-0.15, -0.1) is 0 Å². The first-order chi connectivity index (χ1) is 26.3. The number of rotatable bonds is 33. The molecule has 0 spiro atoms. The number of unbranched alkanes of at least 4 members (excludes halogenated alkanes) is 16. The number of carbonyl (C=O) groups is 1. The predicted octanol–water partition coefficient (Wildman–Crippen LogP) is 5.80. The average Bonchev–Trinajstić information content (AvgIpc) is 3.15. The van der Waals surface area contributed by atoms with Gasteiger partial charge in [-0.2, -0.15) is 0 Å². The number of aliphatic hydroxyl groups excluding tert-OH is 7. The maximum atomic E-state index is 12.9. The van der Waals surface area contributed by atoms with Crippen LogP contribution in [0.3, 0.4) is 0 Å². The number of carbonyl (C=O) groups excluding carboxylic acids is 1. The van der Waals surface area contributed by atoms with Crippen LogP contribution in [0, 0.1) is 0 Å². The summed E-state index contributed by atoms with van der Waals surface area (Å²) in [5.41, 5.74) is 0. The van der Waals surface area contributed by atoms with Crippen LogP contribution in [0.25, 0.3) is 0 Å². The van der Waals surface area contributed by atoms with Crippen molar-refractivity contribution in [2.45, 2.75) is 210 Å². The normalized spacial score (nSPS) is 24.8. The number of nitrogens with one attached hydrogen (secondary N) is 1. The number of aliphatic hydroxyl groups is 7. The Bertz CT molecular complexity index is 1090. The summed E-state index contributed by atoms with van der Waals surface area (Å²) < 4.78 is 22.7. The van der Waals surface area contributed by atoms with E-state index >= 15 is 0 Å². The Morgan fingerprint density at radius 2 is 1.07 bits per heavy atom. The Morgan fingerprint density at radius 1 is 0.636 bits per heavy atom. The van der Waals surface area contributed by atoms with Crippen molar-refractivity contribution in [3.8, 4) is 0 Å². The fourth-order valence-corrected chi connectivity index (χ4v) is 7.41. The second-order valence-electron chi connectivity index (χ2n) is 15.0. The van der Waals surface area contributed by atoms with E-state index in [4.69, 9.17) is 9.05 Å². The number of allylic oxidation sites excluding steroid dienone is 5. The Hall–Kier alpha value is -1.48. The van der Waals surface area contributed by atoms with E-state index in [1.165, 1.54) is 76.7 Å². The van der Waals surface area contributed by atoms with Crippen LogP contribution in [0.4, 0.5) is 0 Å². The lowest BCUT2D eigenvalue weighted by Gasteiger charge is -2.41. The second kappa shape index (κ2) is 31.5. The van der Waals surface area contributed by atoms with Crippen LogP contribution in [-0.2, 0) is 18.4 Å². The second-order valence-corrected chi connectivity index (χ2v) is 16.4. The molecule has 0 aliphatic heterocycles. The summed E-state index contributed by atoms with van der Waals surface area (Å²) in [7, 11) is -5.14. The highest BCUT2D eigenvalue weighted by molar-refractivity contribution is 7.47. The summed E-state index contributed by atoms with van der Waals surface area (Å²) in [6.45, 7) is 3.65. The van der Waals surface area contributed by atoms with E-state index in [0.29, 0.717) is 19.3 Å². The van der Waals surface area contributed by atoms with Crippen molar-refractivity contribution in [3.05, 3.63) is 36.5 Å². The predicted molar refractivity (Wildman–Crippen MR) is 215 cm³/mol. The monoisotopic (exact) mass is 806 g/mol. The zero-order chi connectivity index (χ0) is 40.9. The van der Waals surface area contributed by atoms with E-state index in [-0.39, 0.29) is 6.42 Å². The molecular weight excluding hydrogens is 729 g/mol. The van der Waals surface area contributed by atoms with Crippen LogP contribution in [-0.4, -0.2) is 108 Å². The third kappa shape index (κ3) is 24.1. The molecular formula is C41H76NO12P. The van der Waals surface area contributed by atoms with Crippen LogP contribution < -0.4 is 5.32 Å². The maximum Gasteiger partial charge on any atom is 0.472 e. The Morgan fingerprint density at radius 3 is 1.60 bits per heavy atom. The minimum Gasteiger partial charge on any atom is -0.393 e. The molecule has 1 saturated carbocycles. The summed E-state index contributed by atoms with van der Waals surface area (Å²) in [5.74, 6) is -0.612. The zero-order valence-electron chi connectivity index (χ0n) is 33.6. The van der Waals surface area contributed by atoms with Gasteiger partial charge in [-0.05, 0) is 44.9 Å². The molecule has 55 heavy (non-hydrogen) atoms. The largest absolute Gasteiger partial charge is 0.472 e. The average molecular weight is 806 g/mol. The van der Waals surface area contributed by atoms with Gasteiger partial charge in [0, 0.05) is 0 Å². The van der Waals surface area contributed by atoms with Gasteiger partial charge < -0.3 is 46.0 Å². The van der Waals surface area contributed by atoms with E-state index in [1.807, 2.05) is 0 Å². The lowest BCUT2D eigenvalue weighted by molar-refractivity contribution is -0.220. The zero-order valence-corrected chi connectivity index (χ0v) is 34.5. The molecule has 8 atom stereocenters. The third-order valence-corrected chi connectivity index (χ3v) is 10.9. The van der Waals surface area contributed by atoms with Gasteiger partial charge in [0.15, 0.2) is 0 Å². The molecule has 0 bridgehead atoms. The first-order valence-electron chi connectivity index (χ1n) is 21.0. The van der Waals surface area contributed by atoms with E-state index in [9.17, 15) is 50.0 Å². The van der Waals surface area contributed by atoms with Gasteiger partial charge in [0.1, 0.15) is 36.6 Å². The lowest BCUT2D eigenvalue weighted by atomic mass is 9.85. The van der Waals surface area contributed by atoms with Gasteiger partial charge in [-0.3, -0.25) is 13.8 Å². The Balaban J connectivity index is 2.65. The maximum absolute atomic E-state index is 12.9. The summed E-state index contributed by atoms with van der Waals surface area (Å²) >= 11 is 0. The molecule has 1 rings (SSSR count). The van der Waals surface area contributed by atoms with Crippen LogP contribution >= 0.6 is 7.82 Å². The summed E-state index contributed by atoms with van der Waals surface area (Å²) in [6, 6.07) is -1.26. The lowest BCUT2D eigenvalue weighted by Crippen LogP contribution is -2.64. The highest BCUT2D eigenvalue weighted by Gasteiger charge is 2.51. The molecule has 14 heteroatoms. The van der Waals surface area contributed by atoms with Crippen LogP contribution in [0.5, 0.6) is 0 Å². The highest BCUT2D eigenvalue weighted by Crippen LogP contribution is 2.47.